The van der Waals surface area contributed by atoms with Crippen LogP contribution in [0.5, 0.6) is 0 Å². The number of nitrogens with zero attached hydrogens (tertiary/aromatic N) is 1. The standard InChI is InChI=1S/C16H16FNO4S3/c17-13-4-3-11(10-12(13)16(19)20)25(21,22)18-6-5-15(24-9-7-18)14-2-1-8-23-14/h1-4,8,10,15H,5-7,9H2,(H,19,20)/t15-/m1/s1. The summed E-state index contributed by atoms with van der Waals surface area (Å²) in [5.41, 5.74) is -0.637. The summed E-state index contributed by atoms with van der Waals surface area (Å²) in [5.74, 6) is -1.79. The average Bonchev–Trinajstić information content (AvgIpc) is 2.98. The van der Waals surface area contributed by atoms with Gasteiger partial charge in [-0.15, -0.1) is 11.3 Å². The molecule has 1 aromatic heterocycles. The molecule has 5 nitrogen and oxygen atoms in total. The van der Waals surface area contributed by atoms with Gasteiger partial charge in [-0.05, 0) is 36.1 Å². The smallest absolute Gasteiger partial charge is 0.338 e. The van der Waals surface area contributed by atoms with E-state index >= 15 is 0 Å². The van der Waals surface area contributed by atoms with Gasteiger partial charge in [-0.25, -0.2) is 17.6 Å². The fourth-order valence-corrected chi connectivity index (χ4v) is 6.51. The number of benzene rings is 1. The normalized spacial score (nSPS) is 19.5. The Morgan fingerprint density at radius 1 is 1.28 bits per heavy atom. The van der Waals surface area contributed by atoms with Crippen molar-refractivity contribution in [2.24, 2.45) is 0 Å². The molecule has 0 radical (unpaired) electrons. The van der Waals surface area contributed by atoms with Crippen LogP contribution in [0.3, 0.4) is 0 Å². The fourth-order valence-electron chi connectivity index (χ4n) is 2.67. The second kappa shape index (κ2) is 7.45. The zero-order valence-electron chi connectivity index (χ0n) is 13.1. The summed E-state index contributed by atoms with van der Waals surface area (Å²) in [6, 6.07) is 6.92. The van der Waals surface area contributed by atoms with Crippen LogP contribution in [0.2, 0.25) is 0 Å². The van der Waals surface area contributed by atoms with E-state index in [0.717, 1.165) is 18.2 Å². The highest BCUT2D eigenvalue weighted by Gasteiger charge is 2.29. The highest BCUT2D eigenvalue weighted by atomic mass is 32.2. The lowest BCUT2D eigenvalue weighted by Crippen LogP contribution is -2.33. The molecule has 1 aromatic carbocycles. The number of carboxylic acids is 1. The van der Waals surface area contributed by atoms with E-state index in [2.05, 4.69) is 0 Å². The third-order valence-electron chi connectivity index (χ3n) is 3.97. The summed E-state index contributed by atoms with van der Waals surface area (Å²) < 4.78 is 40.5. The minimum atomic E-state index is -3.86. The second-order valence-corrected chi connectivity index (χ2v) is 9.74. The van der Waals surface area contributed by atoms with Crippen molar-refractivity contribution in [3.05, 3.63) is 52.0 Å². The number of hydrogen-bond donors (Lipinski definition) is 1. The summed E-state index contributed by atoms with van der Waals surface area (Å²) in [4.78, 5) is 12.1. The molecule has 0 unspecified atom stereocenters. The van der Waals surface area contributed by atoms with Crippen LogP contribution in [0.1, 0.15) is 26.9 Å². The second-order valence-electron chi connectivity index (χ2n) is 5.51. The summed E-state index contributed by atoms with van der Waals surface area (Å²) in [5, 5.41) is 11.3. The van der Waals surface area contributed by atoms with Crippen molar-refractivity contribution in [1.82, 2.24) is 4.31 Å². The van der Waals surface area contributed by atoms with E-state index in [1.165, 1.54) is 9.18 Å². The molecule has 25 heavy (non-hydrogen) atoms. The van der Waals surface area contributed by atoms with Gasteiger partial charge >= 0.3 is 5.97 Å². The number of hydrogen-bond acceptors (Lipinski definition) is 5. The highest BCUT2D eigenvalue weighted by molar-refractivity contribution is 7.99. The molecule has 0 aliphatic carbocycles. The van der Waals surface area contributed by atoms with Crippen molar-refractivity contribution in [2.45, 2.75) is 16.6 Å². The van der Waals surface area contributed by atoms with E-state index in [-0.39, 0.29) is 10.1 Å². The molecule has 1 fully saturated rings. The molecule has 9 heteroatoms. The molecule has 2 heterocycles. The van der Waals surface area contributed by atoms with E-state index in [4.69, 9.17) is 5.11 Å². The Kier molecular flexibility index (Phi) is 5.47. The first-order valence-corrected chi connectivity index (χ1v) is 10.9. The number of carbonyl (C=O) groups is 1. The predicted octanol–water partition coefficient (Wildman–Crippen LogP) is 3.45. The Labute approximate surface area is 153 Å². The van der Waals surface area contributed by atoms with Crippen LogP contribution in [0.25, 0.3) is 0 Å². The van der Waals surface area contributed by atoms with Gasteiger partial charge in [0, 0.05) is 29.0 Å². The molecular formula is C16H16FNO4S3. The molecule has 1 saturated heterocycles. The topological polar surface area (TPSA) is 74.7 Å². The van der Waals surface area contributed by atoms with Crippen molar-refractivity contribution in [3.8, 4) is 0 Å². The van der Waals surface area contributed by atoms with Gasteiger partial charge in [0.15, 0.2) is 0 Å². The number of sulfonamides is 1. The van der Waals surface area contributed by atoms with Gasteiger partial charge in [0.05, 0.1) is 10.5 Å². The molecular weight excluding hydrogens is 385 g/mol. The van der Waals surface area contributed by atoms with E-state index in [9.17, 15) is 17.6 Å². The third kappa shape index (κ3) is 3.89. The number of carboxylic acid groups (broad SMARTS) is 1. The number of thioether (sulfide) groups is 1. The average molecular weight is 402 g/mol. The molecule has 2 aromatic rings. The van der Waals surface area contributed by atoms with E-state index in [1.807, 2.05) is 17.5 Å². The number of aromatic carboxylic acids is 1. The van der Waals surface area contributed by atoms with Crippen LogP contribution in [-0.2, 0) is 10.0 Å². The van der Waals surface area contributed by atoms with Gasteiger partial charge in [0.2, 0.25) is 10.0 Å². The molecule has 0 bridgehead atoms. The molecule has 134 valence electrons. The van der Waals surface area contributed by atoms with Crippen LogP contribution in [0.4, 0.5) is 4.39 Å². The van der Waals surface area contributed by atoms with Gasteiger partial charge < -0.3 is 5.11 Å². The van der Waals surface area contributed by atoms with Gasteiger partial charge in [0.1, 0.15) is 5.82 Å². The minimum Gasteiger partial charge on any atom is -0.478 e. The summed E-state index contributed by atoms with van der Waals surface area (Å²) in [6.45, 7) is 0.687. The quantitative estimate of drug-likeness (QED) is 0.849. The molecule has 3 rings (SSSR count). The van der Waals surface area contributed by atoms with Crippen LogP contribution in [0.15, 0.2) is 40.6 Å². The molecule has 0 spiro atoms. The van der Waals surface area contributed by atoms with E-state index in [0.29, 0.717) is 25.3 Å². The predicted molar refractivity (Wildman–Crippen MR) is 96.3 cm³/mol. The first-order valence-electron chi connectivity index (χ1n) is 7.57. The molecule has 1 N–H and O–H groups in total. The maximum Gasteiger partial charge on any atom is 0.338 e. The summed E-state index contributed by atoms with van der Waals surface area (Å²) >= 11 is 3.37. The Bertz CT molecular complexity index is 868. The first-order chi connectivity index (χ1) is 11.9. The summed E-state index contributed by atoms with van der Waals surface area (Å²) in [7, 11) is -3.86. The molecule has 1 atom stereocenters. The first kappa shape index (κ1) is 18.4. The Balaban J connectivity index is 1.83. The maximum atomic E-state index is 13.5. The molecule has 1 aliphatic heterocycles. The summed E-state index contributed by atoms with van der Waals surface area (Å²) in [6.07, 6.45) is 0.678. The zero-order valence-corrected chi connectivity index (χ0v) is 15.5. The minimum absolute atomic E-state index is 0.189. The van der Waals surface area contributed by atoms with Gasteiger partial charge in [-0.1, -0.05) is 6.07 Å². The van der Waals surface area contributed by atoms with Crippen LogP contribution in [-0.4, -0.2) is 42.6 Å². The fraction of sp³-hybridized carbons (Fsp3) is 0.312. The van der Waals surface area contributed by atoms with Crippen molar-refractivity contribution < 1.29 is 22.7 Å². The van der Waals surface area contributed by atoms with Gasteiger partial charge in [0.25, 0.3) is 0 Å². The number of thiophene rings is 1. The molecule has 0 amide bonds. The lowest BCUT2D eigenvalue weighted by molar-refractivity contribution is 0.0691. The Morgan fingerprint density at radius 3 is 2.76 bits per heavy atom. The SMILES string of the molecule is O=C(O)c1cc(S(=O)(=O)N2CCS[C@@H](c3cccs3)CC2)ccc1F. The Morgan fingerprint density at radius 2 is 2.08 bits per heavy atom. The van der Waals surface area contributed by atoms with E-state index in [1.54, 1.807) is 23.1 Å². The largest absolute Gasteiger partial charge is 0.478 e. The van der Waals surface area contributed by atoms with Crippen LogP contribution >= 0.6 is 23.1 Å². The van der Waals surface area contributed by atoms with Crippen LogP contribution < -0.4 is 0 Å². The lowest BCUT2D eigenvalue weighted by Gasteiger charge is -2.20. The molecule has 0 saturated carbocycles. The van der Waals surface area contributed by atoms with Gasteiger partial charge in [-0.3, -0.25) is 0 Å². The van der Waals surface area contributed by atoms with Crippen molar-refractivity contribution in [3.63, 3.8) is 0 Å². The van der Waals surface area contributed by atoms with Crippen molar-refractivity contribution >= 4 is 39.1 Å². The van der Waals surface area contributed by atoms with Crippen molar-refractivity contribution in [1.29, 1.82) is 0 Å². The Hall–Kier alpha value is -1.42. The monoisotopic (exact) mass is 401 g/mol. The number of halogens is 1. The zero-order chi connectivity index (χ0) is 18.0. The number of rotatable bonds is 4. The maximum absolute atomic E-state index is 13.5. The lowest BCUT2D eigenvalue weighted by atomic mass is 10.2. The highest BCUT2D eigenvalue weighted by Crippen LogP contribution is 2.37. The van der Waals surface area contributed by atoms with Gasteiger partial charge in [-0.2, -0.15) is 16.1 Å². The van der Waals surface area contributed by atoms with Crippen LogP contribution in [0, 0.1) is 5.82 Å². The third-order valence-corrected chi connectivity index (χ3v) is 8.31. The van der Waals surface area contributed by atoms with E-state index < -0.39 is 27.4 Å². The van der Waals surface area contributed by atoms with Crippen molar-refractivity contribution in [2.75, 3.05) is 18.8 Å². The molecule has 1 aliphatic rings.